The predicted octanol–water partition coefficient (Wildman–Crippen LogP) is 5.15. The Balaban J connectivity index is 1.57. The number of benzene rings is 2. The van der Waals surface area contributed by atoms with E-state index in [0.29, 0.717) is 13.1 Å². The second-order valence-electron chi connectivity index (χ2n) is 8.66. The Bertz CT molecular complexity index is 841. The number of ether oxygens (including phenoxy) is 1. The number of amides is 2. The van der Waals surface area contributed by atoms with Crippen molar-refractivity contribution < 1.29 is 14.3 Å². The van der Waals surface area contributed by atoms with Crippen LogP contribution in [0.25, 0.3) is 0 Å². The molecule has 0 unspecified atom stereocenters. The minimum atomic E-state index is -0.480. The van der Waals surface area contributed by atoms with Gasteiger partial charge in [0.2, 0.25) is 5.91 Å². The molecule has 1 heterocycles. The van der Waals surface area contributed by atoms with Crippen LogP contribution in [0.3, 0.4) is 0 Å². The SMILES string of the molecule is C[C@@H](C(=O)Nc1ccc([C@@H]2CCN(C(=O)OC(C)(C)C)C2)cc1)c1ccccc1. The van der Waals surface area contributed by atoms with Gasteiger partial charge in [-0.05, 0) is 57.4 Å². The Hall–Kier alpha value is -2.82. The highest BCUT2D eigenvalue weighted by Crippen LogP contribution is 2.29. The van der Waals surface area contributed by atoms with Crippen LogP contribution in [0.5, 0.6) is 0 Å². The summed E-state index contributed by atoms with van der Waals surface area (Å²) in [6.07, 6.45) is 0.662. The lowest BCUT2D eigenvalue weighted by Gasteiger charge is -2.24. The van der Waals surface area contributed by atoms with Crippen molar-refractivity contribution >= 4 is 17.7 Å². The average Bonchev–Trinajstić information content (AvgIpc) is 3.18. The number of carbonyl (C=O) groups excluding carboxylic acids is 2. The fourth-order valence-corrected chi connectivity index (χ4v) is 3.51. The molecule has 3 rings (SSSR count). The number of rotatable bonds is 4. The number of hydrogen-bond acceptors (Lipinski definition) is 3. The largest absolute Gasteiger partial charge is 0.444 e. The van der Waals surface area contributed by atoms with Crippen molar-refractivity contribution in [3.05, 3.63) is 65.7 Å². The van der Waals surface area contributed by atoms with Gasteiger partial charge < -0.3 is 15.0 Å². The summed E-state index contributed by atoms with van der Waals surface area (Å²) < 4.78 is 5.47. The molecule has 2 aromatic rings. The van der Waals surface area contributed by atoms with E-state index in [1.807, 2.05) is 82.3 Å². The van der Waals surface area contributed by atoms with Crippen molar-refractivity contribution in [3.63, 3.8) is 0 Å². The number of nitrogens with one attached hydrogen (secondary N) is 1. The van der Waals surface area contributed by atoms with Crippen LogP contribution < -0.4 is 5.32 Å². The average molecular weight is 395 g/mol. The first kappa shape index (κ1) is 20.9. The summed E-state index contributed by atoms with van der Waals surface area (Å²) in [6, 6.07) is 17.7. The lowest BCUT2D eigenvalue weighted by Crippen LogP contribution is -2.35. The maximum absolute atomic E-state index is 12.5. The van der Waals surface area contributed by atoms with Gasteiger partial charge in [0, 0.05) is 24.7 Å². The van der Waals surface area contributed by atoms with E-state index in [2.05, 4.69) is 5.32 Å². The van der Waals surface area contributed by atoms with Gasteiger partial charge in [-0.2, -0.15) is 0 Å². The lowest BCUT2D eigenvalue weighted by atomic mass is 9.98. The molecule has 0 bridgehead atoms. The van der Waals surface area contributed by atoms with Crippen molar-refractivity contribution in [2.45, 2.75) is 51.6 Å². The molecule has 0 radical (unpaired) electrons. The molecule has 1 aliphatic rings. The molecule has 0 saturated carbocycles. The van der Waals surface area contributed by atoms with Gasteiger partial charge in [0.25, 0.3) is 0 Å². The summed E-state index contributed by atoms with van der Waals surface area (Å²) in [4.78, 5) is 26.5. The van der Waals surface area contributed by atoms with Gasteiger partial charge in [-0.1, -0.05) is 42.5 Å². The Kier molecular flexibility index (Phi) is 6.26. The zero-order chi connectivity index (χ0) is 21.0. The standard InChI is InChI=1S/C24H30N2O3/c1-17(18-8-6-5-7-9-18)22(27)25-21-12-10-19(11-13-21)20-14-15-26(16-20)23(28)29-24(2,3)4/h5-13,17,20H,14-16H2,1-4H3,(H,25,27)/t17-,20-/m1/s1. The maximum Gasteiger partial charge on any atom is 0.410 e. The summed E-state index contributed by atoms with van der Waals surface area (Å²) in [6.45, 7) is 8.90. The fraction of sp³-hybridized carbons (Fsp3) is 0.417. The molecule has 0 aromatic heterocycles. The normalized spacial score (nSPS) is 17.7. The first-order valence-corrected chi connectivity index (χ1v) is 10.2. The van der Waals surface area contributed by atoms with Crippen LogP contribution in [0, 0.1) is 0 Å². The van der Waals surface area contributed by atoms with Crippen LogP contribution in [0.2, 0.25) is 0 Å². The molecule has 2 atom stereocenters. The molecule has 1 fully saturated rings. The summed E-state index contributed by atoms with van der Waals surface area (Å²) >= 11 is 0. The Morgan fingerprint density at radius 3 is 2.34 bits per heavy atom. The number of nitrogens with zero attached hydrogens (tertiary/aromatic N) is 1. The topological polar surface area (TPSA) is 58.6 Å². The third-order valence-electron chi connectivity index (χ3n) is 5.18. The van der Waals surface area contributed by atoms with Gasteiger partial charge in [-0.15, -0.1) is 0 Å². The van der Waals surface area contributed by atoms with E-state index in [0.717, 1.165) is 17.7 Å². The molecule has 5 nitrogen and oxygen atoms in total. The zero-order valence-electron chi connectivity index (χ0n) is 17.6. The highest BCUT2D eigenvalue weighted by molar-refractivity contribution is 5.95. The van der Waals surface area contributed by atoms with Gasteiger partial charge in [0.15, 0.2) is 0 Å². The van der Waals surface area contributed by atoms with Crippen LogP contribution in [0.15, 0.2) is 54.6 Å². The number of carbonyl (C=O) groups is 2. The van der Waals surface area contributed by atoms with E-state index < -0.39 is 5.60 Å². The summed E-state index contributed by atoms with van der Waals surface area (Å²) in [5, 5.41) is 2.99. The second kappa shape index (κ2) is 8.68. The van der Waals surface area contributed by atoms with Crippen LogP contribution in [0.4, 0.5) is 10.5 Å². The van der Waals surface area contributed by atoms with E-state index in [4.69, 9.17) is 4.74 Å². The molecular weight excluding hydrogens is 364 g/mol. The molecule has 1 saturated heterocycles. The van der Waals surface area contributed by atoms with Crippen LogP contribution in [0.1, 0.15) is 57.1 Å². The first-order valence-electron chi connectivity index (χ1n) is 10.2. The number of hydrogen-bond donors (Lipinski definition) is 1. The van der Waals surface area contributed by atoms with E-state index in [1.165, 1.54) is 5.56 Å². The predicted molar refractivity (Wildman–Crippen MR) is 115 cm³/mol. The minimum Gasteiger partial charge on any atom is -0.444 e. The number of likely N-dealkylation sites (tertiary alicyclic amines) is 1. The molecule has 5 heteroatoms. The van der Waals surface area contributed by atoms with Gasteiger partial charge in [-0.3, -0.25) is 4.79 Å². The quantitative estimate of drug-likeness (QED) is 0.780. The Labute approximate surface area is 173 Å². The van der Waals surface area contributed by atoms with Crippen molar-refractivity contribution in [2.24, 2.45) is 0 Å². The molecule has 0 aliphatic carbocycles. The molecule has 154 valence electrons. The fourth-order valence-electron chi connectivity index (χ4n) is 3.51. The van der Waals surface area contributed by atoms with Crippen molar-refractivity contribution in [1.82, 2.24) is 4.90 Å². The van der Waals surface area contributed by atoms with Crippen molar-refractivity contribution in [3.8, 4) is 0 Å². The van der Waals surface area contributed by atoms with E-state index in [9.17, 15) is 9.59 Å². The van der Waals surface area contributed by atoms with Crippen LogP contribution in [-0.2, 0) is 9.53 Å². The molecule has 2 aromatic carbocycles. The first-order chi connectivity index (χ1) is 13.7. The molecule has 0 spiro atoms. The second-order valence-corrected chi connectivity index (χ2v) is 8.66. The summed E-state index contributed by atoms with van der Waals surface area (Å²) in [7, 11) is 0. The molecule has 1 N–H and O–H groups in total. The molecule has 1 aliphatic heterocycles. The highest BCUT2D eigenvalue weighted by atomic mass is 16.6. The Morgan fingerprint density at radius 2 is 1.72 bits per heavy atom. The van der Waals surface area contributed by atoms with Crippen LogP contribution in [-0.4, -0.2) is 35.6 Å². The number of anilines is 1. The van der Waals surface area contributed by atoms with E-state index >= 15 is 0 Å². The summed E-state index contributed by atoms with van der Waals surface area (Å²) in [5.41, 5.74) is 2.47. The Morgan fingerprint density at radius 1 is 1.07 bits per heavy atom. The van der Waals surface area contributed by atoms with Gasteiger partial charge in [0.1, 0.15) is 5.60 Å². The zero-order valence-corrected chi connectivity index (χ0v) is 17.6. The van der Waals surface area contributed by atoms with Crippen molar-refractivity contribution in [2.75, 3.05) is 18.4 Å². The lowest BCUT2D eigenvalue weighted by molar-refractivity contribution is -0.117. The van der Waals surface area contributed by atoms with E-state index in [1.54, 1.807) is 4.90 Å². The molecule has 29 heavy (non-hydrogen) atoms. The summed E-state index contributed by atoms with van der Waals surface area (Å²) in [5.74, 6) is 0.0459. The van der Waals surface area contributed by atoms with E-state index in [-0.39, 0.29) is 23.8 Å². The third kappa shape index (κ3) is 5.59. The molecule has 2 amide bonds. The monoisotopic (exact) mass is 394 g/mol. The smallest absolute Gasteiger partial charge is 0.410 e. The third-order valence-corrected chi connectivity index (χ3v) is 5.18. The van der Waals surface area contributed by atoms with Crippen LogP contribution >= 0.6 is 0 Å². The molecular formula is C24H30N2O3. The highest BCUT2D eigenvalue weighted by Gasteiger charge is 2.30. The van der Waals surface area contributed by atoms with Gasteiger partial charge >= 0.3 is 6.09 Å². The minimum absolute atomic E-state index is 0.0269. The maximum atomic E-state index is 12.5. The van der Waals surface area contributed by atoms with Gasteiger partial charge in [0.05, 0.1) is 5.92 Å². The van der Waals surface area contributed by atoms with Gasteiger partial charge in [-0.25, -0.2) is 4.79 Å². The van der Waals surface area contributed by atoms with Crippen molar-refractivity contribution in [1.29, 1.82) is 0 Å².